The van der Waals surface area contributed by atoms with E-state index in [-0.39, 0.29) is 18.2 Å². The number of aromatic hydroxyl groups is 1. The van der Waals surface area contributed by atoms with Crippen LogP contribution in [0.1, 0.15) is 0 Å². The fourth-order valence-corrected chi connectivity index (χ4v) is 1.38. The van der Waals surface area contributed by atoms with Crippen molar-refractivity contribution < 1.29 is 9.90 Å². The highest BCUT2D eigenvalue weighted by Crippen LogP contribution is 2.17. The molecule has 0 aliphatic heterocycles. The van der Waals surface area contributed by atoms with Crippen molar-refractivity contribution in [1.29, 1.82) is 0 Å². The zero-order valence-electron chi connectivity index (χ0n) is 9.32. The number of phenols is 1. The molecular weight excluding hydrogens is 220 g/mol. The third-order valence-corrected chi connectivity index (χ3v) is 2.37. The Morgan fingerprint density at radius 1 is 1.41 bits per heavy atom. The first kappa shape index (κ1) is 11.1. The zero-order valence-corrected chi connectivity index (χ0v) is 9.32. The molecule has 0 aliphatic rings. The molecule has 6 heteroatoms. The quantitative estimate of drug-likeness (QED) is 0.843. The maximum Gasteiger partial charge on any atom is 0.248 e. The zero-order chi connectivity index (χ0) is 12.3. The van der Waals surface area contributed by atoms with Crippen LogP contribution in [0, 0.1) is 0 Å². The lowest BCUT2D eigenvalue weighted by atomic mass is 10.3. The van der Waals surface area contributed by atoms with Gasteiger partial charge in [-0.2, -0.15) is 5.10 Å². The van der Waals surface area contributed by atoms with Gasteiger partial charge in [0.15, 0.2) is 0 Å². The van der Waals surface area contributed by atoms with Crippen LogP contribution in [-0.4, -0.2) is 32.8 Å². The molecule has 2 aromatic rings. The average Bonchev–Trinajstić information content (AvgIpc) is 2.82. The van der Waals surface area contributed by atoms with Gasteiger partial charge in [-0.1, -0.05) is 0 Å². The Morgan fingerprint density at radius 2 is 2.12 bits per heavy atom. The molecule has 2 rings (SSSR count). The summed E-state index contributed by atoms with van der Waals surface area (Å²) < 4.78 is 1.46. The van der Waals surface area contributed by atoms with Gasteiger partial charge in [0.1, 0.15) is 24.9 Å². The van der Waals surface area contributed by atoms with Crippen molar-refractivity contribution in [2.45, 2.75) is 6.54 Å². The van der Waals surface area contributed by atoms with Crippen LogP contribution >= 0.6 is 0 Å². The molecule has 17 heavy (non-hydrogen) atoms. The molecule has 1 aromatic carbocycles. The van der Waals surface area contributed by atoms with Gasteiger partial charge in [-0.3, -0.25) is 4.79 Å². The van der Waals surface area contributed by atoms with E-state index in [0.29, 0.717) is 5.69 Å². The highest BCUT2D eigenvalue weighted by atomic mass is 16.3. The van der Waals surface area contributed by atoms with Crippen LogP contribution in [0.4, 0.5) is 5.69 Å². The Bertz CT molecular complexity index is 493. The molecule has 0 spiro atoms. The molecular formula is C11H12N4O2. The van der Waals surface area contributed by atoms with Crippen molar-refractivity contribution in [1.82, 2.24) is 14.8 Å². The molecule has 1 heterocycles. The summed E-state index contributed by atoms with van der Waals surface area (Å²) in [6.07, 6.45) is 2.87. The molecule has 0 saturated carbocycles. The van der Waals surface area contributed by atoms with Gasteiger partial charge in [0.25, 0.3) is 0 Å². The summed E-state index contributed by atoms with van der Waals surface area (Å²) in [7, 11) is 1.67. The third kappa shape index (κ3) is 2.60. The van der Waals surface area contributed by atoms with Crippen molar-refractivity contribution in [2.75, 3.05) is 11.9 Å². The van der Waals surface area contributed by atoms with Gasteiger partial charge in [0, 0.05) is 12.7 Å². The number of anilines is 1. The minimum Gasteiger partial charge on any atom is -0.508 e. The summed E-state index contributed by atoms with van der Waals surface area (Å²) >= 11 is 0. The summed E-state index contributed by atoms with van der Waals surface area (Å²) in [5.74, 6) is 0.0621. The molecule has 0 radical (unpaired) electrons. The fraction of sp³-hybridized carbons (Fsp3) is 0.182. The van der Waals surface area contributed by atoms with Gasteiger partial charge in [-0.15, -0.1) is 0 Å². The Labute approximate surface area is 98.1 Å². The van der Waals surface area contributed by atoms with E-state index in [9.17, 15) is 4.79 Å². The van der Waals surface area contributed by atoms with Gasteiger partial charge in [-0.25, -0.2) is 9.67 Å². The molecule has 1 aromatic heterocycles. The number of nitrogens with zero attached hydrogens (tertiary/aromatic N) is 4. The normalized spacial score (nSPS) is 10.2. The second-order valence-electron chi connectivity index (χ2n) is 3.56. The highest BCUT2D eigenvalue weighted by molar-refractivity contribution is 5.92. The van der Waals surface area contributed by atoms with Crippen molar-refractivity contribution in [3.8, 4) is 5.75 Å². The predicted octanol–water partition coefficient (Wildman–Crippen LogP) is 0.647. The number of phenolic OH excluding ortho intramolecular Hbond substituents is 1. The van der Waals surface area contributed by atoms with Crippen LogP contribution in [0.15, 0.2) is 36.9 Å². The van der Waals surface area contributed by atoms with Gasteiger partial charge >= 0.3 is 0 Å². The first-order chi connectivity index (χ1) is 8.16. The third-order valence-electron chi connectivity index (χ3n) is 2.37. The van der Waals surface area contributed by atoms with E-state index in [4.69, 9.17) is 5.11 Å². The molecule has 6 nitrogen and oxygen atoms in total. The summed E-state index contributed by atoms with van der Waals surface area (Å²) in [5, 5.41) is 13.0. The number of likely N-dealkylation sites (N-methyl/N-ethyl adjacent to an activating group) is 1. The van der Waals surface area contributed by atoms with Crippen molar-refractivity contribution in [3.63, 3.8) is 0 Å². The maximum atomic E-state index is 11.9. The molecule has 0 saturated heterocycles. The Kier molecular flexibility index (Phi) is 3.04. The van der Waals surface area contributed by atoms with Gasteiger partial charge in [0.05, 0.1) is 0 Å². The summed E-state index contributed by atoms with van der Waals surface area (Å²) in [6, 6.07) is 6.42. The SMILES string of the molecule is CN(C(=O)Cn1cncn1)c1ccc(O)cc1. The van der Waals surface area contributed by atoms with Crippen LogP contribution in [0.25, 0.3) is 0 Å². The molecule has 0 unspecified atom stereocenters. The maximum absolute atomic E-state index is 11.9. The molecule has 0 atom stereocenters. The smallest absolute Gasteiger partial charge is 0.248 e. The summed E-state index contributed by atoms with van der Waals surface area (Å²) in [5.41, 5.74) is 0.716. The van der Waals surface area contributed by atoms with E-state index in [0.717, 1.165) is 0 Å². The monoisotopic (exact) mass is 232 g/mol. The number of rotatable bonds is 3. The first-order valence-corrected chi connectivity index (χ1v) is 5.05. The largest absolute Gasteiger partial charge is 0.508 e. The topological polar surface area (TPSA) is 71.2 Å². The van der Waals surface area contributed by atoms with Crippen LogP contribution in [0.3, 0.4) is 0 Å². The van der Waals surface area contributed by atoms with E-state index < -0.39 is 0 Å². The van der Waals surface area contributed by atoms with Gasteiger partial charge in [-0.05, 0) is 24.3 Å². The number of carbonyl (C=O) groups is 1. The van der Waals surface area contributed by atoms with Crippen molar-refractivity contribution >= 4 is 11.6 Å². The Balaban J connectivity index is 2.07. The number of hydrogen-bond acceptors (Lipinski definition) is 4. The first-order valence-electron chi connectivity index (χ1n) is 5.05. The lowest BCUT2D eigenvalue weighted by molar-refractivity contribution is -0.119. The lowest BCUT2D eigenvalue weighted by Crippen LogP contribution is -2.30. The number of aromatic nitrogens is 3. The minimum absolute atomic E-state index is 0.110. The van der Waals surface area contributed by atoms with E-state index in [1.165, 1.54) is 34.4 Å². The number of carbonyl (C=O) groups excluding carboxylic acids is 1. The molecule has 1 amide bonds. The predicted molar refractivity (Wildman–Crippen MR) is 61.5 cm³/mol. The molecule has 1 N–H and O–H groups in total. The van der Waals surface area contributed by atoms with E-state index in [1.807, 2.05) is 0 Å². The number of hydrogen-bond donors (Lipinski definition) is 1. The number of benzene rings is 1. The van der Waals surface area contributed by atoms with Gasteiger partial charge in [0.2, 0.25) is 5.91 Å². The van der Waals surface area contributed by atoms with E-state index >= 15 is 0 Å². The number of amides is 1. The summed E-state index contributed by atoms with van der Waals surface area (Å²) in [6.45, 7) is 0.136. The second kappa shape index (κ2) is 4.65. The summed E-state index contributed by atoms with van der Waals surface area (Å²) in [4.78, 5) is 17.1. The molecule has 0 aliphatic carbocycles. The van der Waals surface area contributed by atoms with E-state index in [1.54, 1.807) is 19.2 Å². The molecule has 0 fully saturated rings. The standard InChI is InChI=1S/C11H12N4O2/c1-14(9-2-4-10(16)5-3-9)11(17)6-15-8-12-7-13-15/h2-5,7-8,16H,6H2,1H3. The van der Waals surface area contributed by atoms with Crippen LogP contribution in [0.5, 0.6) is 5.75 Å². The van der Waals surface area contributed by atoms with Gasteiger partial charge < -0.3 is 10.0 Å². The molecule has 0 bridgehead atoms. The lowest BCUT2D eigenvalue weighted by Gasteiger charge is -2.17. The Morgan fingerprint density at radius 3 is 2.71 bits per heavy atom. The van der Waals surface area contributed by atoms with Crippen LogP contribution < -0.4 is 4.90 Å². The fourth-order valence-electron chi connectivity index (χ4n) is 1.38. The minimum atomic E-state index is -0.110. The highest BCUT2D eigenvalue weighted by Gasteiger charge is 2.11. The van der Waals surface area contributed by atoms with E-state index in [2.05, 4.69) is 10.1 Å². The van der Waals surface area contributed by atoms with Crippen LogP contribution in [0.2, 0.25) is 0 Å². The second-order valence-corrected chi connectivity index (χ2v) is 3.56. The average molecular weight is 232 g/mol. The van der Waals surface area contributed by atoms with Crippen LogP contribution in [-0.2, 0) is 11.3 Å². The Hall–Kier alpha value is -2.37. The molecule has 88 valence electrons. The van der Waals surface area contributed by atoms with Crippen molar-refractivity contribution in [3.05, 3.63) is 36.9 Å². The van der Waals surface area contributed by atoms with Crippen molar-refractivity contribution in [2.24, 2.45) is 0 Å².